The molecule has 0 unspecified atom stereocenters. The van der Waals surface area contributed by atoms with Crippen molar-refractivity contribution in [2.75, 3.05) is 30.8 Å². The Morgan fingerprint density at radius 3 is 2.41 bits per heavy atom. The molecule has 7 heteroatoms. The number of para-hydroxylation sites is 2. The van der Waals surface area contributed by atoms with Crippen molar-refractivity contribution in [3.05, 3.63) is 59.7 Å². The number of rotatable bonds is 11. The predicted octanol–water partition coefficient (Wildman–Crippen LogP) is 3.30. The van der Waals surface area contributed by atoms with Gasteiger partial charge in [0, 0.05) is 19.5 Å². The monoisotopic (exact) mass is 418 g/mol. The van der Waals surface area contributed by atoms with Crippen molar-refractivity contribution in [2.45, 2.75) is 32.6 Å². The highest BCUT2D eigenvalue weighted by Crippen LogP contribution is 2.29. The summed E-state index contributed by atoms with van der Waals surface area (Å²) in [4.78, 5) is 12.1. The molecule has 29 heavy (non-hydrogen) atoms. The van der Waals surface area contributed by atoms with Gasteiger partial charge < -0.3 is 10.1 Å². The number of sulfonamides is 1. The van der Waals surface area contributed by atoms with Crippen LogP contribution in [0.15, 0.2) is 48.5 Å². The average Bonchev–Trinajstić information content (AvgIpc) is 2.69. The smallest absolute Gasteiger partial charge is 0.232 e. The van der Waals surface area contributed by atoms with Gasteiger partial charge in [-0.3, -0.25) is 9.10 Å². The third-order valence-corrected chi connectivity index (χ3v) is 5.78. The number of carbonyl (C=O) groups excluding carboxylic acids is 1. The van der Waals surface area contributed by atoms with Crippen molar-refractivity contribution in [1.82, 2.24) is 5.32 Å². The number of anilines is 1. The number of hydrogen-bond donors (Lipinski definition) is 1. The van der Waals surface area contributed by atoms with Crippen molar-refractivity contribution >= 4 is 21.6 Å². The second-order valence-corrected chi connectivity index (χ2v) is 8.96. The van der Waals surface area contributed by atoms with E-state index in [2.05, 4.69) is 36.5 Å². The highest BCUT2D eigenvalue weighted by molar-refractivity contribution is 7.92. The molecule has 0 aliphatic rings. The SMILES string of the molecule is COc1ccccc1N(CCCC(=O)NCCCc1ccc(C)cc1)S(C)(=O)=O. The zero-order valence-electron chi connectivity index (χ0n) is 17.3. The molecule has 0 fully saturated rings. The van der Waals surface area contributed by atoms with Crippen LogP contribution in [-0.2, 0) is 21.2 Å². The molecule has 2 rings (SSSR count). The van der Waals surface area contributed by atoms with Crippen LogP contribution >= 0.6 is 0 Å². The molecule has 0 aliphatic carbocycles. The van der Waals surface area contributed by atoms with E-state index in [-0.39, 0.29) is 18.9 Å². The zero-order chi connectivity index (χ0) is 21.3. The van der Waals surface area contributed by atoms with E-state index in [9.17, 15) is 13.2 Å². The first-order chi connectivity index (χ1) is 13.8. The fraction of sp³-hybridized carbons (Fsp3) is 0.409. The van der Waals surface area contributed by atoms with Crippen LogP contribution in [0.4, 0.5) is 5.69 Å². The molecule has 0 heterocycles. The molecule has 0 saturated heterocycles. The molecular formula is C22H30N2O4S. The molecule has 6 nitrogen and oxygen atoms in total. The van der Waals surface area contributed by atoms with Gasteiger partial charge in [0.25, 0.3) is 0 Å². The average molecular weight is 419 g/mol. The standard InChI is InChI=1S/C22H30N2O4S/c1-18-12-14-19(15-13-18)8-6-16-23-22(25)11-7-17-24(29(3,26)27)20-9-4-5-10-21(20)28-2/h4-5,9-10,12-15H,6-8,11,16-17H2,1-3H3,(H,23,25). The molecule has 0 saturated carbocycles. The number of benzene rings is 2. The molecule has 2 aromatic rings. The van der Waals surface area contributed by atoms with Crippen LogP contribution in [0, 0.1) is 6.92 Å². The van der Waals surface area contributed by atoms with Gasteiger partial charge in [0.05, 0.1) is 19.1 Å². The van der Waals surface area contributed by atoms with Gasteiger partial charge in [-0.15, -0.1) is 0 Å². The Bertz CT molecular complexity index is 895. The number of nitrogens with zero attached hydrogens (tertiary/aromatic N) is 1. The van der Waals surface area contributed by atoms with E-state index in [1.165, 1.54) is 22.5 Å². The Balaban J connectivity index is 1.78. The molecule has 0 atom stereocenters. The van der Waals surface area contributed by atoms with Crippen molar-refractivity contribution in [3.8, 4) is 5.75 Å². The first kappa shape index (κ1) is 22.7. The fourth-order valence-corrected chi connectivity index (χ4v) is 4.02. The predicted molar refractivity (Wildman–Crippen MR) is 117 cm³/mol. The lowest BCUT2D eigenvalue weighted by Crippen LogP contribution is -2.32. The first-order valence-electron chi connectivity index (χ1n) is 9.74. The van der Waals surface area contributed by atoms with Crippen molar-refractivity contribution in [2.24, 2.45) is 0 Å². The van der Waals surface area contributed by atoms with Gasteiger partial charge in [-0.05, 0) is 43.9 Å². The number of ether oxygens (including phenoxy) is 1. The van der Waals surface area contributed by atoms with E-state index in [1.54, 1.807) is 24.3 Å². The maximum atomic E-state index is 12.2. The maximum Gasteiger partial charge on any atom is 0.232 e. The Kier molecular flexibility index (Phi) is 8.51. The Morgan fingerprint density at radius 1 is 1.07 bits per heavy atom. The summed E-state index contributed by atoms with van der Waals surface area (Å²) in [5.41, 5.74) is 2.97. The van der Waals surface area contributed by atoms with E-state index in [4.69, 9.17) is 4.74 Å². The molecule has 158 valence electrons. The van der Waals surface area contributed by atoms with Gasteiger partial charge in [0.1, 0.15) is 5.75 Å². The Labute approximate surface area is 173 Å². The fourth-order valence-electron chi connectivity index (χ4n) is 3.05. The summed E-state index contributed by atoms with van der Waals surface area (Å²) < 4.78 is 31.0. The normalized spacial score (nSPS) is 11.1. The zero-order valence-corrected chi connectivity index (χ0v) is 18.2. The number of methoxy groups -OCH3 is 1. The van der Waals surface area contributed by atoms with E-state index in [0.29, 0.717) is 24.4 Å². The van der Waals surface area contributed by atoms with Gasteiger partial charge in [-0.25, -0.2) is 8.42 Å². The summed E-state index contributed by atoms with van der Waals surface area (Å²) in [7, 11) is -1.98. The summed E-state index contributed by atoms with van der Waals surface area (Å²) >= 11 is 0. The lowest BCUT2D eigenvalue weighted by atomic mass is 10.1. The molecule has 0 bridgehead atoms. The highest BCUT2D eigenvalue weighted by Gasteiger charge is 2.20. The van der Waals surface area contributed by atoms with Gasteiger partial charge >= 0.3 is 0 Å². The van der Waals surface area contributed by atoms with Crippen LogP contribution in [0.25, 0.3) is 0 Å². The van der Waals surface area contributed by atoms with E-state index < -0.39 is 10.0 Å². The summed E-state index contributed by atoms with van der Waals surface area (Å²) in [5.74, 6) is 0.417. The van der Waals surface area contributed by atoms with Crippen LogP contribution in [0.5, 0.6) is 5.75 Å². The summed E-state index contributed by atoms with van der Waals surface area (Å²) in [6, 6.07) is 15.3. The van der Waals surface area contributed by atoms with Crippen LogP contribution in [0.2, 0.25) is 0 Å². The molecular weight excluding hydrogens is 388 g/mol. The molecule has 0 radical (unpaired) electrons. The molecule has 0 spiro atoms. The van der Waals surface area contributed by atoms with Gasteiger partial charge in [0.2, 0.25) is 15.9 Å². The second kappa shape index (κ2) is 10.9. The van der Waals surface area contributed by atoms with Crippen LogP contribution in [0.3, 0.4) is 0 Å². The topological polar surface area (TPSA) is 75.7 Å². The molecule has 1 N–H and O–H groups in total. The summed E-state index contributed by atoms with van der Waals surface area (Å²) in [6.07, 6.45) is 3.63. The second-order valence-electron chi connectivity index (χ2n) is 7.05. The maximum absolute atomic E-state index is 12.2. The minimum Gasteiger partial charge on any atom is -0.495 e. The number of hydrogen-bond acceptors (Lipinski definition) is 4. The van der Waals surface area contributed by atoms with Crippen LogP contribution in [-0.4, -0.2) is 40.8 Å². The largest absolute Gasteiger partial charge is 0.495 e. The van der Waals surface area contributed by atoms with Crippen molar-refractivity contribution in [1.29, 1.82) is 0 Å². The molecule has 0 aliphatic heterocycles. The van der Waals surface area contributed by atoms with Gasteiger partial charge in [-0.1, -0.05) is 42.0 Å². The highest BCUT2D eigenvalue weighted by atomic mass is 32.2. The molecule has 0 aromatic heterocycles. The number of nitrogens with one attached hydrogen (secondary N) is 1. The van der Waals surface area contributed by atoms with E-state index in [1.807, 2.05) is 0 Å². The lowest BCUT2D eigenvalue weighted by molar-refractivity contribution is -0.121. The summed E-state index contributed by atoms with van der Waals surface area (Å²) in [6.45, 7) is 2.88. The third kappa shape index (κ3) is 7.42. The van der Waals surface area contributed by atoms with Crippen molar-refractivity contribution < 1.29 is 17.9 Å². The van der Waals surface area contributed by atoms with Gasteiger partial charge in [-0.2, -0.15) is 0 Å². The quantitative estimate of drug-likeness (QED) is 0.568. The first-order valence-corrected chi connectivity index (χ1v) is 11.6. The minimum atomic E-state index is -3.48. The molecule has 1 amide bonds. The lowest BCUT2D eigenvalue weighted by Gasteiger charge is -2.24. The van der Waals surface area contributed by atoms with E-state index in [0.717, 1.165) is 19.1 Å². The van der Waals surface area contributed by atoms with Crippen LogP contribution < -0.4 is 14.4 Å². The van der Waals surface area contributed by atoms with Gasteiger partial charge in [0.15, 0.2) is 0 Å². The minimum absolute atomic E-state index is 0.0672. The Hall–Kier alpha value is -2.54. The third-order valence-electron chi connectivity index (χ3n) is 4.60. The van der Waals surface area contributed by atoms with E-state index >= 15 is 0 Å². The number of carbonyl (C=O) groups is 1. The van der Waals surface area contributed by atoms with Crippen molar-refractivity contribution in [3.63, 3.8) is 0 Å². The number of aryl methyl sites for hydroxylation is 2. The molecule has 2 aromatic carbocycles. The van der Waals surface area contributed by atoms with Crippen LogP contribution in [0.1, 0.15) is 30.4 Å². The Morgan fingerprint density at radius 2 is 1.76 bits per heavy atom. The number of amides is 1. The summed E-state index contributed by atoms with van der Waals surface area (Å²) in [5, 5.41) is 2.91.